The average molecular weight is 224 g/mol. The highest BCUT2D eigenvalue weighted by Gasteiger charge is 2.04. The number of nitrogens with zero attached hydrogens (tertiary/aromatic N) is 2. The van der Waals surface area contributed by atoms with Crippen LogP contribution in [0.1, 0.15) is 5.82 Å². The molecule has 0 radical (unpaired) electrons. The summed E-state index contributed by atoms with van der Waals surface area (Å²) in [6.07, 6.45) is 0. The zero-order chi connectivity index (χ0) is 10.7. The van der Waals surface area contributed by atoms with Crippen molar-refractivity contribution in [1.29, 1.82) is 0 Å². The molecule has 1 aromatic heterocycles. The lowest BCUT2D eigenvalue weighted by molar-refractivity contribution is 0.415. The fourth-order valence-electron chi connectivity index (χ4n) is 1.22. The maximum Gasteiger partial charge on any atom is 0.181 e. The Kier molecular flexibility index (Phi) is 2.87. The summed E-state index contributed by atoms with van der Waals surface area (Å²) in [6.45, 7) is 0. The number of hydrogen-bond donors (Lipinski definition) is 1. The van der Waals surface area contributed by atoms with Gasteiger partial charge in [-0.05, 0) is 24.3 Å². The molecule has 0 saturated carbocycles. The standard InChI is InChI=1S/C10H10ClN3O/c1-15-8-4-2-7(3-5-8)10-12-9(6-11)13-14-10/h2-5H,6H2,1H3,(H,12,13,14). The number of hydrogen-bond acceptors (Lipinski definition) is 3. The largest absolute Gasteiger partial charge is 0.497 e. The Hall–Kier alpha value is -1.55. The molecule has 0 aliphatic heterocycles. The van der Waals surface area contributed by atoms with Crippen molar-refractivity contribution >= 4 is 11.6 Å². The Morgan fingerprint density at radius 2 is 2.07 bits per heavy atom. The number of nitrogens with one attached hydrogen (secondary N) is 1. The maximum absolute atomic E-state index is 5.62. The maximum atomic E-state index is 5.62. The molecular formula is C10H10ClN3O. The number of ether oxygens (including phenoxy) is 1. The topological polar surface area (TPSA) is 50.8 Å². The van der Waals surface area contributed by atoms with Crippen LogP contribution < -0.4 is 4.74 Å². The van der Waals surface area contributed by atoms with Gasteiger partial charge in [0.05, 0.1) is 13.0 Å². The van der Waals surface area contributed by atoms with E-state index in [0.717, 1.165) is 11.3 Å². The Bertz CT molecular complexity index is 438. The van der Waals surface area contributed by atoms with Crippen molar-refractivity contribution in [1.82, 2.24) is 15.2 Å². The van der Waals surface area contributed by atoms with E-state index in [0.29, 0.717) is 17.5 Å². The second-order valence-corrected chi connectivity index (χ2v) is 3.24. The minimum Gasteiger partial charge on any atom is -0.497 e. The van der Waals surface area contributed by atoms with Gasteiger partial charge in [0.25, 0.3) is 0 Å². The lowest BCUT2D eigenvalue weighted by Gasteiger charge is -1.99. The molecule has 5 heteroatoms. The summed E-state index contributed by atoms with van der Waals surface area (Å²) >= 11 is 5.62. The number of halogens is 1. The average Bonchev–Trinajstić information content (AvgIpc) is 2.78. The molecule has 78 valence electrons. The molecule has 1 N–H and O–H groups in total. The predicted octanol–water partition coefficient (Wildman–Crippen LogP) is 2.22. The molecule has 0 aliphatic rings. The molecule has 0 bridgehead atoms. The minimum absolute atomic E-state index is 0.336. The first-order valence-corrected chi connectivity index (χ1v) is 4.98. The number of aromatic nitrogens is 3. The SMILES string of the molecule is COc1ccc(-c2n[nH]c(CCl)n2)cc1. The van der Waals surface area contributed by atoms with E-state index in [1.54, 1.807) is 7.11 Å². The lowest BCUT2D eigenvalue weighted by Crippen LogP contribution is -1.84. The molecule has 0 fully saturated rings. The van der Waals surface area contributed by atoms with E-state index in [1.807, 2.05) is 24.3 Å². The zero-order valence-corrected chi connectivity index (χ0v) is 8.95. The fourth-order valence-corrected chi connectivity index (χ4v) is 1.34. The van der Waals surface area contributed by atoms with Gasteiger partial charge in [-0.25, -0.2) is 4.98 Å². The quantitative estimate of drug-likeness (QED) is 0.812. The molecule has 0 aliphatic carbocycles. The smallest absolute Gasteiger partial charge is 0.181 e. The summed E-state index contributed by atoms with van der Waals surface area (Å²) in [4.78, 5) is 4.22. The molecule has 0 saturated heterocycles. The molecular weight excluding hydrogens is 214 g/mol. The van der Waals surface area contributed by atoms with Crippen molar-refractivity contribution in [2.75, 3.05) is 7.11 Å². The third-order valence-corrected chi connectivity index (χ3v) is 2.26. The highest BCUT2D eigenvalue weighted by Crippen LogP contribution is 2.18. The summed E-state index contributed by atoms with van der Waals surface area (Å²) in [5.74, 6) is 2.46. The number of rotatable bonds is 3. The molecule has 1 heterocycles. The second-order valence-electron chi connectivity index (χ2n) is 2.97. The number of methoxy groups -OCH3 is 1. The van der Waals surface area contributed by atoms with Crippen LogP contribution in [0.2, 0.25) is 0 Å². The van der Waals surface area contributed by atoms with Crippen LogP contribution in [0.3, 0.4) is 0 Å². The highest BCUT2D eigenvalue weighted by atomic mass is 35.5. The molecule has 0 spiro atoms. The third-order valence-electron chi connectivity index (χ3n) is 2.01. The van der Waals surface area contributed by atoms with Crippen molar-refractivity contribution in [3.8, 4) is 17.1 Å². The van der Waals surface area contributed by atoms with Gasteiger partial charge in [-0.1, -0.05) is 0 Å². The van der Waals surface area contributed by atoms with Crippen LogP contribution in [0, 0.1) is 0 Å². The molecule has 2 rings (SSSR count). The highest BCUT2D eigenvalue weighted by molar-refractivity contribution is 6.16. The van der Waals surface area contributed by atoms with E-state index in [-0.39, 0.29) is 0 Å². The van der Waals surface area contributed by atoms with E-state index in [9.17, 15) is 0 Å². The van der Waals surface area contributed by atoms with Gasteiger partial charge in [0, 0.05) is 5.56 Å². The molecule has 2 aromatic rings. The predicted molar refractivity (Wildman–Crippen MR) is 57.9 cm³/mol. The molecule has 0 atom stereocenters. The number of alkyl halides is 1. The van der Waals surface area contributed by atoms with Crippen LogP contribution in [-0.4, -0.2) is 22.3 Å². The first-order chi connectivity index (χ1) is 7.33. The van der Waals surface area contributed by atoms with Gasteiger partial charge in [0.1, 0.15) is 11.6 Å². The van der Waals surface area contributed by atoms with E-state index >= 15 is 0 Å². The lowest BCUT2D eigenvalue weighted by atomic mass is 10.2. The second kappa shape index (κ2) is 4.31. The van der Waals surface area contributed by atoms with Gasteiger partial charge in [0.2, 0.25) is 0 Å². The Morgan fingerprint density at radius 1 is 1.33 bits per heavy atom. The Labute approximate surface area is 92.3 Å². The fraction of sp³-hybridized carbons (Fsp3) is 0.200. The zero-order valence-electron chi connectivity index (χ0n) is 8.20. The summed E-state index contributed by atoms with van der Waals surface area (Å²) in [5, 5.41) is 6.81. The Morgan fingerprint density at radius 3 is 2.60 bits per heavy atom. The number of aromatic amines is 1. The van der Waals surface area contributed by atoms with Crippen molar-refractivity contribution in [3.05, 3.63) is 30.1 Å². The van der Waals surface area contributed by atoms with Gasteiger partial charge >= 0.3 is 0 Å². The van der Waals surface area contributed by atoms with Crippen LogP contribution in [0.15, 0.2) is 24.3 Å². The summed E-state index contributed by atoms with van der Waals surface area (Å²) in [7, 11) is 1.63. The molecule has 4 nitrogen and oxygen atoms in total. The summed E-state index contributed by atoms with van der Waals surface area (Å²) in [5.41, 5.74) is 0.934. The van der Waals surface area contributed by atoms with E-state index in [4.69, 9.17) is 16.3 Å². The van der Waals surface area contributed by atoms with Crippen LogP contribution in [0.4, 0.5) is 0 Å². The van der Waals surface area contributed by atoms with E-state index < -0.39 is 0 Å². The van der Waals surface area contributed by atoms with Crippen molar-refractivity contribution in [2.45, 2.75) is 5.88 Å². The van der Waals surface area contributed by atoms with Crippen LogP contribution in [0.5, 0.6) is 5.75 Å². The van der Waals surface area contributed by atoms with Gasteiger partial charge in [-0.2, -0.15) is 5.10 Å². The normalized spacial score (nSPS) is 10.3. The minimum atomic E-state index is 0.336. The molecule has 0 amide bonds. The molecule has 1 aromatic carbocycles. The summed E-state index contributed by atoms with van der Waals surface area (Å²) < 4.78 is 5.06. The monoisotopic (exact) mass is 223 g/mol. The van der Waals surface area contributed by atoms with Crippen molar-refractivity contribution in [3.63, 3.8) is 0 Å². The van der Waals surface area contributed by atoms with E-state index in [2.05, 4.69) is 15.2 Å². The Balaban J connectivity index is 2.28. The first kappa shape index (κ1) is 9.98. The van der Waals surface area contributed by atoms with Gasteiger partial charge in [-0.15, -0.1) is 11.6 Å². The van der Waals surface area contributed by atoms with Crippen LogP contribution >= 0.6 is 11.6 Å². The molecule has 15 heavy (non-hydrogen) atoms. The molecule has 0 unspecified atom stereocenters. The van der Waals surface area contributed by atoms with Crippen LogP contribution in [0.25, 0.3) is 11.4 Å². The first-order valence-electron chi connectivity index (χ1n) is 4.45. The summed E-state index contributed by atoms with van der Waals surface area (Å²) in [6, 6.07) is 7.54. The third kappa shape index (κ3) is 2.10. The van der Waals surface area contributed by atoms with Crippen LogP contribution in [-0.2, 0) is 5.88 Å². The van der Waals surface area contributed by atoms with Crippen molar-refractivity contribution < 1.29 is 4.74 Å². The van der Waals surface area contributed by atoms with Gasteiger partial charge < -0.3 is 4.74 Å². The van der Waals surface area contributed by atoms with Gasteiger partial charge in [-0.3, -0.25) is 5.10 Å². The number of benzene rings is 1. The van der Waals surface area contributed by atoms with Gasteiger partial charge in [0.15, 0.2) is 5.82 Å². The van der Waals surface area contributed by atoms with E-state index in [1.165, 1.54) is 0 Å². The van der Waals surface area contributed by atoms with Crippen molar-refractivity contribution in [2.24, 2.45) is 0 Å². The number of H-pyrrole nitrogens is 1.